The van der Waals surface area contributed by atoms with Gasteiger partial charge in [0.2, 0.25) is 0 Å². The number of rotatable bonds is 5. The van der Waals surface area contributed by atoms with Crippen LogP contribution in [0.5, 0.6) is 5.75 Å². The molecule has 0 radical (unpaired) electrons. The maximum absolute atomic E-state index is 13.0. The van der Waals surface area contributed by atoms with Gasteiger partial charge in [0.25, 0.3) is 5.91 Å². The molecular formula is C19H13F6N3O3. The van der Waals surface area contributed by atoms with Crippen molar-refractivity contribution in [3.8, 4) is 11.4 Å². The number of halogens is 6. The Morgan fingerprint density at radius 1 is 1.00 bits per heavy atom. The molecule has 164 valence electrons. The van der Waals surface area contributed by atoms with Crippen molar-refractivity contribution < 1.29 is 41.0 Å². The zero-order chi connectivity index (χ0) is 23.0. The largest absolute Gasteiger partial charge is 0.573 e. The Kier molecular flexibility index (Phi) is 5.68. The first kappa shape index (κ1) is 22.2. The molecule has 1 amide bonds. The van der Waals surface area contributed by atoms with Crippen molar-refractivity contribution in [3.63, 3.8) is 0 Å². The smallest absolute Gasteiger partial charge is 0.406 e. The highest BCUT2D eigenvalue weighted by Gasteiger charge is 2.36. The predicted molar refractivity (Wildman–Crippen MR) is 94.3 cm³/mol. The summed E-state index contributed by atoms with van der Waals surface area (Å²) >= 11 is 0. The first-order valence-electron chi connectivity index (χ1n) is 8.46. The number of hydrogen-bond acceptors (Lipinski definition) is 4. The van der Waals surface area contributed by atoms with Gasteiger partial charge in [0.1, 0.15) is 17.5 Å². The van der Waals surface area contributed by atoms with Crippen molar-refractivity contribution in [1.29, 1.82) is 0 Å². The van der Waals surface area contributed by atoms with Crippen LogP contribution in [0.15, 0.2) is 54.6 Å². The van der Waals surface area contributed by atoms with Crippen molar-refractivity contribution >= 4 is 5.91 Å². The number of hydrogen-bond donors (Lipinski definition) is 2. The summed E-state index contributed by atoms with van der Waals surface area (Å²) in [4.78, 5) is 11.6. The lowest BCUT2D eigenvalue weighted by atomic mass is 10.0. The molecule has 1 unspecified atom stereocenters. The molecule has 2 aromatic carbocycles. The molecule has 6 nitrogen and oxygen atoms in total. The van der Waals surface area contributed by atoms with Crippen molar-refractivity contribution in [1.82, 2.24) is 9.78 Å². The van der Waals surface area contributed by atoms with Gasteiger partial charge in [0, 0.05) is 6.07 Å². The minimum absolute atomic E-state index is 0.0245. The number of primary amides is 1. The van der Waals surface area contributed by atoms with E-state index in [4.69, 9.17) is 5.73 Å². The molecule has 12 heteroatoms. The average molecular weight is 445 g/mol. The predicted octanol–water partition coefficient (Wildman–Crippen LogP) is 3.97. The molecule has 0 fully saturated rings. The Morgan fingerprint density at radius 3 is 2.19 bits per heavy atom. The summed E-state index contributed by atoms with van der Waals surface area (Å²) < 4.78 is 80.7. The molecule has 0 bridgehead atoms. The zero-order valence-electron chi connectivity index (χ0n) is 15.3. The third-order valence-electron chi connectivity index (χ3n) is 4.09. The van der Waals surface area contributed by atoms with Gasteiger partial charge in [-0.25, -0.2) is 4.68 Å². The summed E-state index contributed by atoms with van der Waals surface area (Å²) in [7, 11) is 0. The number of carbonyl (C=O) groups is 1. The van der Waals surface area contributed by atoms with Gasteiger partial charge in [-0.2, -0.15) is 18.3 Å². The molecule has 3 rings (SSSR count). The monoisotopic (exact) mass is 445 g/mol. The van der Waals surface area contributed by atoms with Gasteiger partial charge >= 0.3 is 12.5 Å². The van der Waals surface area contributed by atoms with Gasteiger partial charge in [-0.15, -0.1) is 13.2 Å². The van der Waals surface area contributed by atoms with Gasteiger partial charge in [0.05, 0.1) is 5.69 Å². The highest BCUT2D eigenvalue weighted by atomic mass is 19.4. The van der Waals surface area contributed by atoms with Crippen molar-refractivity contribution in [2.45, 2.75) is 18.6 Å². The standard InChI is InChI=1S/C19H13F6N3O3/c20-18(21,22)15-9-14(17(26)30)28(27-15)12-5-1-3-10(7-12)16(29)11-4-2-6-13(8-11)31-19(23,24)25/h1-9,16,29H,(H2,26,30). The number of nitrogens with zero attached hydrogens (tertiary/aromatic N) is 2. The Labute approximate surface area is 170 Å². The van der Waals surface area contributed by atoms with Crippen LogP contribution >= 0.6 is 0 Å². The van der Waals surface area contributed by atoms with Crippen LogP contribution in [-0.2, 0) is 6.18 Å². The normalized spacial score (nSPS) is 13.1. The van der Waals surface area contributed by atoms with Crippen LogP contribution in [0.4, 0.5) is 26.3 Å². The van der Waals surface area contributed by atoms with Gasteiger partial charge in [-0.05, 0) is 35.4 Å². The number of benzene rings is 2. The average Bonchev–Trinajstić information content (AvgIpc) is 3.13. The van der Waals surface area contributed by atoms with Crippen molar-refractivity contribution in [3.05, 3.63) is 77.1 Å². The van der Waals surface area contributed by atoms with Gasteiger partial charge < -0.3 is 15.6 Å². The van der Waals surface area contributed by atoms with Crippen LogP contribution in [0.2, 0.25) is 0 Å². The minimum Gasteiger partial charge on any atom is -0.406 e. The molecule has 31 heavy (non-hydrogen) atoms. The summed E-state index contributed by atoms with van der Waals surface area (Å²) in [6.07, 6.45) is -11.2. The number of nitrogens with two attached hydrogens (primary N) is 1. The van der Waals surface area contributed by atoms with E-state index in [1.54, 1.807) is 0 Å². The third-order valence-corrected chi connectivity index (χ3v) is 4.09. The summed E-state index contributed by atoms with van der Waals surface area (Å²) in [6.45, 7) is 0. The molecule has 3 aromatic rings. The number of ether oxygens (including phenoxy) is 1. The van der Waals surface area contributed by atoms with E-state index in [-0.39, 0.29) is 16.8 Å². The molecule has 0 spiro atoms. The lowest BCUT2D eigenvalue weighted by molar-refractivity contribution is -0.274. The third kappa shape index (κ3) is 5.15. The van der Waals surface area contributed by atoms with Crippen LogP contribution in [0.3, 0.4) is 0 Å². The fraction of sp³-hybridized carbons (Fsp3) is 0.158. The second-order valence-electron chi connectivity index (χ2n) is 6.31. The Balaban J connectivity index is 1.99. The fourth-order valence-electron chi connectivity index (χ4n) is 2.79. The number of aliphatic hydroxyl groups excluding tert-OH is 1. The summed E-state index contributed by atoms with van der Waals surface area (Å²) in [6, 6.07) is 10.4. The lowest BCUT2D eigenvalue weighted by Crippen LogP contribution is -2.17. The van der Waals surface area contributed by atoms with Gasteiger partial charge in [-0.3, -0.25) is 4.79 Å². The highest BCUT2D eigenvalue weighted by molar-refractivity contribution is 5.91. The van der Waals surface area contributed by atoms with Gasteiger partial charge in [-0.1, -0.05) is 24.3 Å². The zero-order valence-corrected chi connectivity index (χ0v) is 15.3. The van der Waals surface area contributed by atoms with Crippen LogP contribution < -0.4 is 10.5 Å². The van der Waals surface area contributed by atoms with E-state index in [9.17, 15) is 36.2 Å². The maximum atomic E-state index is 13.0. The first-order chi connectivity index (χ1) is 14.3. The molecule has 0 aliphatic rings. The van der Waals surface area contributed by atoms with E-state index < -0.39 is 41.7 Å². The Hall–Kier alpha value is -3.54. The molecule has 1 aromatic heterocycles. The molecule has 0 aliphatic carbocycles. The van der Waals surface area contributed by atoms with Crippen LogP contribution in [0.25, 0.3) is 5.69 Å². The Morgan fingerprint density at radius 2 is 1.61 bits per heavy atom. The summed E-state index contributed by atoms with van der Waals surface area (Å²) in [5, 5.41) is 13.9. The second-order valence-corrected chi connectivity index (χ2v) is 6.31. The van der Waals surface area contributed by atoms with Crippen LogP contribution in [-0.4, -0.2) is 27.2 Å². The maximum Gasteiger partial charge on any atom is 0.573 e. The van der Waals surface area contributed by atoms with Crippen molar-refractivity contribution in [2.24, 2.45) is 5.73 Å². The molecule has 0 saturated carbocycles. The Bertz CT molecular complexity index is 1110. The first-order valence-corrected chi connectivity index (χ1v) is 8.46. The van der Waals surface area contributed by atoms with E-state index in [0.717, 1.165) is 12.1 Å². The second kappa shape index (κ2) is 7.95. The number of alkyl halides is 6. The van der Waals surface area contributed by atoms with E-state index in [1.807, 2.05) is 0 Å². The van der Waals surface area contributed by atoms with E-state index in [1.165, 1.54) is 36.4 Å². The van der Waals surface area contributed by atoms with Crippen LogP contribution in [0, 0.1) is 0 Å². The van der Waals surface area contributed by atoms with E-state index in [0.29, 0.717) is 10.7 Å². The lowest BCUT2D eigenvalue weighted by Gasteiger charge is -2.15. The molecule has 1 atom stereocenters. The van der Waals surface area contributed by atoms with E-state index in [2.05, 4.69) is 9.84 Å². The quantitative estimate of drug-likeness (QED) is 0.582. The summed E-state index contributed by atoms with van der Waals surface area (Å²) in [5.74, 6) is -1.72. The molecule has 1 heterocycles. The summed E-state index contributed by atoms with van der Waals surface area (Å²) in [5.41, 5.74) is 3.38. The van der Waals surface area contributed by atoms with E-state index >= 15 is 0 Å². The SMILES string of the molecule is NC(=O)c1cc(C(F)(F)F)nn1-c1cccc(C(O)c2cccc(OC(F)(F)F)c2)c1. The number of carbonyl (C=O) groups excluding carboxylic acids is 1. The highest BCUT2D eigenvalue weighted by Crippen LogP contribution is 2.31. The molecule has 0 saturated heterocycles. The van der Waals surface area contributed by atoms with Crippen molar-refractivity contribution in [2.75, 3.05) is 0 Å². The minimum atomic E-state index is -4.93. The molecule has 0 aliphatic heterocycles. The number of aromatic nitrogens is 2. The molecule has 3 N–H and O–H groups in total. The topological polar surface area (TPSA) is 90.4 Å². The molecular weight excluding hydrogens is 432 g/mol. The number of aliphatic hydroxyl groups is 1. The number of amides is 1. The van der Waals surface area contributed by atoms with Gasteiger partial charge in [0.15, 0.2) is 5.69 Å². The van der Waals surface area contributed by atoms with Crippen LogP contribution in [0.1, 0.15) is 33.4 Å². The fourth-order valence-corrected chi connectivity index (χ4v) is 2.79.